The Hall–Kier alpha value is -2.74. The van der Waals surface area contributed by atoms with Gasteiger partial charge in [0.15, 0.2) is 0 Å². The molecule has 0 aliphatic carbocycles. The Bertz CT molecular complexity index is 886. The van der Waals surface area contributed by atoms with Crippen LogP contribution in [-0.2, 0) is 0 Å². The highest BCUT2D eigenvalue weighted by Gasteiger charge is 2.25. The van der Waals surface area contributed by atoms with Crippen molar-refractivity contribution in [1.82, 2.24) is 4.98 Å². The summed E-state index contributed by atoms with van der Waals surface area (Å²) < 4.78 is 1.34. The summed E-state index contributed by atoms with van der Waals surface area (Å²) in [6, 6.07) is 2.81. The molecule has 20 heavy (non-hydrogen) atoms. The number of hydrogen-bond acceptors (Lipinski definition) is 5. The minimum atomic E-state index is -1.20. The summed E-state index contributed by atoms with van der Waals surface area (Å²) in [5.41, 5.74) is -0.0413. The van der Waals surface area contributed by atoms with E-state index in [4.69, 9.17) is 10.2 Å². The highest BCUT2D eigenvalue weighted by Crippen LogP contribution is 2.27. The second kappa shape index (κ2) is 4.14. The molecule has 0 amide bonds. The first-order valence-electron chi connectivity index (χ1n) is 5.41. The predicted octanol–water partition coefficient (Wildman–Crippen LogP) is 1.14. The number of hydrogen-bond donors (Lipinski definition) is 3. The molecule has 7 nitrogen and oxygen atoms in total. The van der Waals surface area contributed by atoms with E-state index in [1.165, 1.54) is 39.4 Å². The molecule has 3 aromatic heterocycles. The lowest BCUT2D eigenvalue weighted by atomic mass is 10.2. The van der Waals surface area contributed by atoms with Gasteiger partial charge in [0.2, 0.25) is 11.9 Å². The molecule has 0 fully saturated rings. The summed E-state index contributed by atoms with van der Waals surface area (Å²) in [4.78, 5) is 26.4. The number of rotatable bonds is 2. The number of aromatic carboxylic acids is 2. The second-order valence-corrected chi connectivity index (χ2v) is 4.87. The maximum absolute atomic E-state index is 11.1. The molecule has 0 atom stereocenters. The van der Waals surface area contributed by atoms with Crippen molar-refractivity contribution >= 4 is 39.0 Å². The molecule has 0 aliphatic rings. The molecule has 100 valence electrons. The number of nitrogens with zero attached hydrogens (tertiary/aromatic N) is 2. The normalized spacial score (nSPS) is 11.0. The van der Waals surface area contributed by atoms with Gasteiger partial charge in [-0.25, -0.2) is 14.6 Å². The van der Waals surface area contributed by atoms with Crippen LogP contribution in [0.3, 0.4) is 0 Å². The van der Waals surface area contributed by atoms with Gasteiger partial charge in [-0.1, -0.05) is 11.3 Å². The van der Waals surface area contributed by atoms with E-state index in [0.717, 1.165) is 0 Å². The van der Waals surface area contributed by atoms with Crippen LogP contribution in [0.1, 0.15) is 21.0 Å². The lowest BCUT2D eigenvalue weighted by Crippen LogP contribution is -2.27. The van der Waals surface area contributed by atoms with Crippen molar-refractivity contribution in [1.29, 1.82) is 0 Å². The lowest BCUT2D eigenvalue weighted by molar-refractivity contribution is -0.510. The molecule has 3 rings (SSSR count). The van der Waals surface area contributed by atoms with E-state index in [2.05, 4.69) is 4.98 Å². The fraction of sp³-hybridized carbons (Fsp3) is 0. The minimum Gasteiger partial charge on any atom is -0.501 e. The van der Waals surface area contributed by atoms with Gasteiger partial charge in [0, 0.05) is 0 Å². The van der Waals surface area contributed by atoms with Gasteiger partial charge in [-0.3, -0.25) is 0 Å². The Labute approximate surface area is 115 Å². The first-order valence-corrected chi connectivity index (χ1v) is 6.29. The Morgan fingerprint density at radius 3 is 2.60 bits per heavy atom. The minimum absolute atomic E-state index is 0.0181. The molecule has 0 bridgehead atoms. The number of carboxylic acids is 2. The van der Waals surface area contributed by atoms with Gasteiger partial charge in [-0.15, -0.1) is 4.40 Å². The molecule has 3 heterocycles. The second-order valence-electron chi connectivity index (χ2n) is 4.01. The zero-order valence-electron chi connectivity index (χ0n) is 9.77. The maximum Gasteiger partial charge on any atom is 0.402 e. The summed E-state index contributed by atoms with van der Waals surface area (Å²) in [5.74, 6) is -2.59. The largest absolute Gasteiger partial charge is 0.501 e. The summed E-state index contributed by atoms with van der Waals surface area (Å²) in [6.07, 6.45) is 1.22. The van der Waals surface area contributed by atoms with Crippen molar-refractivity contribution < 1.29 is 29.3 Å². The van der Waals surface area contributed by atoms with Crippen LogP contribution < -0.4 is 4.40 Å². The van der Waals surface area contributed by atoms with E-state index in [1.807, 2.05) is 0 Å². The van der Waals surface area contributed by atoms with Crippen LogP contribution in [0.2, 0.25) is 0 Å². The third-order valence-corrected chi connectivity index (χ3v) is 3.80. The van der Waals surface area contributed by atoms with Crippen LogP contribution in [0.5, 0.6) is 5.75 Å². The van der Waals surface area contributed by atoms with Crippen LogP contribution in [0, 0.1) is 0 Å². The van der Waals surface area contributed by atoms with Crippen molar-refractivity contribution in [3.8, 4) is 5.75 Å². The molecular weight excluding hydrogens is 284 g/mol. The van der Waals surface area contributed by atoms with Crippen LogP contribution in [0.15, 0.2) is 23.7 Å². The lowest BCUT2D eigenvalue weighted by Gasteiger charge is -1.99. The first kappa shape index (κ1) is 12.3. The molecule has 3 N–H and O–H groups in total. The van der Waals surface area contributed by atoms with Gasteiger partial charge < -0.3 is 15.3 Å². The van der Waals surface area contributed by atoms with Crippen LogP contribution in [-0.4, -0.2) is 32.2 Å². The number of aromatic nitrogens is 2. The molecular formula is C12H7N2O5S+. The number of carbonyl (C=O) groups is 2. The number of aromatic hydroxyl groups is 1. The standard InChI is InChI=1S/C12H6N2O5S/c15-8-3-14-7(12(18)19)4-20-10(14)5-1-2-6(11(16)17)13-9(5)8/h1-4H,(H2-,15,16,17,18,19)/p+1. The molecule has 0 saturated carbocycles. The molecule has 3 aromatic rings. The van der Waals surface area contributed by atoms with E-state index in [-0.39, 0.29) is 22.7 Å². The predicted molar refractivity (Wildman–Crippen MR) is 68.4 cm³/mol. The number of pyridine rings is 2. The van der Waals surface area contributed by atoms with E-state index in [1.54, 1.807) is 0 Å². The number of carboxylic acid groups (broad SMARTS) is 2. The highest BCUT2D eigenvalue weighted by atomic mass is 32.1. The van der Waals surface area contributed by atoms with Gasteiger partial charge >= 0.3 is 17.6 Å². The molecule has 0 spiro atoms. The van der Waals surface area contributed by atoms with Crippen LogP contribution in [0.25, 0.3) is 15.7 Å². The smallest absolute Gasteiger partial charge is 0.402 e. The molecule has 0 aliphatic heterocycles. The van der Waals surface area contributed by atoms with Gasteiger partial charge in [0.25, 0.3) is 4.83 Å². The van der Waals surface area contributed by atoms with Crippen molar-refractivity contribution in [3.05, 3.63) is 35.1 Å². The Kier molecular flexibility index (Phi) is 2.54. The molecule has 8 heteroatoms. The van der Waals surface area contributed by atoms with Crippen LogP contribution in [0.4, 0.5) is 0 Å². The Morgan fingerprint density at radius 1 is 1.20 bits per heavy atom. The summed E-state index contributed by atoms with van der Waals surface area (Å²) in [5, 5.41) is 29.8. The molecule has 0 aromatic carbocycles. The van der Waals surface area contributed by atoms with Gasteiger partial charge in [0.1, 0.15) is 11.2 Å². The molecule has 0 radical (unpaired) electrons. The van der Waals surface area contributed by atoms with Gasteiger partial charge in [-0.2, -0.15) is 0 Å². The van der Waals surface area contributed by atoms with E-state index >= 15 is 0 Å². The highest BCUT2D eigenvalue weighted by molar-refractivity contribution is 7.16. The zero-order valence-corrected chi connectivity index (χ0v) is 10.6. The van der Waals surface area contributed by atoms with Crippen LogP contribution >= 0.6 is 11.3 Å². The summed E-state index contributed by atoms with van der Waals surface area (Å²) in [7, 11) is 0. The summed E-state index contributed by atoms with van der Waals surface area (Å²) >= 11 is 1.18. The fourth-order valence-electron chi connectivity index (χ4n) is 1.94. The monoisotopic (exact) mass is 291 g/mol. The quantitative estimate of drug-likeness (QED) is 0.610. The molecule has 0 saturated heterocycles. The third-order valence-electron chi connectivity index (χ3n) is 2.82. The van der Waals surface area contributed by atoms with E-state index in [9.17, 15) is 14.7 Å². The zero-order chi connectivity index (χ0) is 14.4. The van der Waals surface area contributed by atoms with Crippen molar-refractivity contribution in [2.24, 2.45) is 0 Å². The van der Waals surface area contributed by atoms with Crippen molar-refractivity contribution in [2.75, 3.05) is 0 Å². The number of thiazole rings is 1. The SMILES string of the molecule is O=C(O)c1ccc2c(n1)c(O)c[n+]1c(C(=O)O)csc21. The van der Waals surface area contributed by atoms with E-state index in [0.29, 0.717) is 10.2 Å². The molecule has 0 unspecified atom stereocenters. The van der Waals surface area contributed by atoms with Gasteiger partial charge in [0.05, 0.1) is 10.8 Å². The fourth-order valence-corrected chi connectivity index (χ4v) is 2.93. The number of fused-ring (bicyclic) bond motifs is 3. The average molecular weight is 291 g/mol. The average Bonchev–Trinajstić information content (AvgIpc) is 2.82. The topological polar surface area (TPSA) is 112 Å². The van der Waals surface area contributed by atoms with E-state index < -0.39 is 11.9 Å². The maximum atomic E-state index is 11.1. The Morgan fingerprint density at radius 2 is 1.95 bits per heavy atom. The van der Waals surface area contributed by atoms with Gasteiger partial charge in [-0.05, 0) is 12.1 Å². The summed E-state index contributed by atoms with van der Waals surface area (Å²) in [6.45, 7) is 0. The third kappa shape index (κ3) is 1.66. The van der Waals surface area contributed by atoms with Crippen molar-refractivity contribution in [2.45, 2.75) is 0 Å². The van der Waals surface area contributed by atoms with Crippen molar-refractivity contribution in [3.63, 3.8) is 0 Å². The first-order chi connectivity index (χ1) is 9.49. The Balaban J connectivity index is 2.43.